The van der Waals surface area contributed by atoms with Crippen molar-refractivity contribution in [3.8, 4) is 0 Å². The largest absolute Gasteiger partial charge is 0.376 e. The van der Waals surface area contributed by atoms with Gasteiger partial charge in [-0.3, -0.25) is 9.79 Å². The maximum Gasteiger partial charge on any atom is 0.168 e. The number of alkyl halides is 1. The molecule has 4 unspecified atom stereocenters. The molecule has 2 heterocycles. The molecule has 3 rings (SSSR count). The summed E-state index contributed by atoms with van der Waals surface area (Å²) in [6.07, 6.45) is 10.8. The lowest BCUT2D eigenvalue weighted by molar-refractivity contribution is -0.102. The zero-order chi connectivity index (χ0) is 12.5. The van der Waals surface area contributed by atoms with Crippen molar-refractivity contribution in [1.29, 1.82) is 0 Å². The van der Waals surface area contributed by atoms with Crippen LogP contribution in [0, 0.1) is 5.92 Å². The van der Waals surface area contributed by atoms with E-state index in [1.165, 1.54) is 6.42 Å². The maximum atomic E-state index is 11.1. The fourth-order valence-corrected chi connectivity index (χ4v) is 3.45. The third-order valence-electron chi connectivity index (χ3n) is 3.86. The lowest BCUT2D eigenvalue weighted by Crippen LogP contribution is -2.34. The highest BCUT2D eigenvalue weighted by atomic mass is 79.9. The zero-order valence-electron chi connectivity index (χ0n) is 10.1. The molecule has 3 nitrogen and oxygen atoms in total. The van der Waals surface area contributed by atoms with E-state index < -0.39 is 0 Å². The first-order valence-electron chi connectivity index (χ1n) is 6.48. The molecule has 0 radical (unpaired) electrons. The fourth-order valence-electron chi connectivity index (χ4n) is 2.98. The molecule has 3 aliphatic rings. The molecule has 1 fully saturated rings. The van der Waals surface area contributed by atoms with E-state index in [4.69, 9.17) is 4.74 Å². The zero-order valence-corrected chi connectivity index (χ0v) is 11.7. The number of hydrogen-bond acceptors (Lipinski definition) is 3. The van der Waals surface area contributed by atoms with Crippen molar-refractivity contribution in [2.75, 3.05) is 6.61 Å². The predicted molar refractivity (Wildman–Crippen MR) is 74.3 cm³/mol. The molecule has 2 aliphatic heterocycles. The Morgan fingerprint density at radius 2 is 2.28 bits per heavy atom. The van der Waals surface area contributed by atoms with Crippen LogP contribution in [0.1, 0.15) is 19.3 Å². The van der Waals surface area contributed by atoms with E-state index in [1.807, 2.05) is 0 Å². The molecule has 0 spiro atoms. The van der Waals surface area contributed by atoms with E-state index in [2.05, 4.69) is 39.2 Å². The minimum atomic E-state index is 0.0907. The van der Waals surface area contributed by atoms with E-state index in [9.17, 15) is 4.79 Å². The Morgan fingerprint density at radius 3 is 3.00 bits per heavy atom. The Balaban J connectivity index is 1.87. The molecule has 0 aromatic rings. The molecule has 18 heavy (non-hydrogen) atoms. The topological polar surface area (TPSA) is 38.7 Å². The first-order chi connectivity index (χ1) is 8.79. The van der Waals surface area contributed by atoms with Crippen LogP contribution in [0.15, 0.2) is 28.8 Å². The second-order valence-corrected chi connectivity index (χ2v) is 6.06. The van der Waals surface area contributed by atoms with Gasteiger partial charge in [0, 0.05) is 12.5 Å². The molecule has 0 aromatic heterocycles. The van der Waals surface area contributed by atoms with Crippen molar-refractivity contribution in [3.63, 3.8) is 0 Å². The molecule has 1 saturated heterocycles. The summed E-state index contributed by atoms with van der Waals surface area (Å²) in [6.45, 7) is 0.823. The first-order valence-corrected chi connectivity index (χ1v) is 7.40. The molecule has 1 aliphatic carbocycles. The van der Waals surface area contributed by atoms with Gasteiger partial charge >= 0.3 is 0 Å². The van der Waals surface area contributed by atoms with Crippen molar-refractivity contribution < 1.29 is 9.53 Å². The van der Waals surface area contributed by atoms with Crippen LogP contribution in [-0.2, 0) is 9.53 Å². The number of aldehydes is 1. The van der Waals surface area contributed by atoms with Gasteiger partial charge in [-0.1, -0.05) is 34.2 Å². The second kappa shape index (κ2) is 5.10. The van der Waals surface area contributed by atoms with Crippen LogP contribution < -0.4 is 0 Å². The molecular formula is C14H16BrNO2. The number of aliphatic imine (C=N–C) groups is 1. The summed E-state index contributed by atoms with van der Waals surface area (Å²) in [7, 11) is 0. The van der Waals surface area contributed by atoms with Crippen LogP contribution >= 0.6 is 15.9 Å². The van der Waals surface area contributed by atoms with E-state index in [-0.39, 0.29) is 22.9 Å². The Hall–Kier alpha value is -0.740. The Bertz CT molecular complexity index is 435. The number of ether oxygens (including phenoxy) is 1. The van der Waals surface area contributed by atoms with Crippen molar-refractivity contribution in [3.05, 3.63) is 23.8 Å². The summed E-state index contributed by atoms with van der Waals surface area (Å²) < 4.78 is 5.83. The molecule has 0 amide bonds. The molecule has 4 atom stereocenters. The van der Waals surface area contributed by atoms with Gasteiger partial charge in [-0.25, -0.2) is 0 Å². The molecular weight excluding hydrogens is 294 g/mol. The average Bonchev–Trinajstić information content (AvgIpc) is 2.77. The molecule has 0 saturated carbocycles. The SMILES string of the molecule is O=CC1=NC(C2CCCCO2)C2C=CC(Br)C=C12. The average molecular weight is 310 g/mol. The lowest BCUT2D eigenvalue weighted by Gasteiger charge is -2.30. The van der Waals surface area contributed by atoms with Gasteiger partial charge in [-0.2, -0.15) is 0 Å². The minimum Gasteiger partial charge on any atom is -0.376 e. The van der Waals surface area contributed by atoms with Crippen LogP contribution in [-0.4, -0.2) is 35.6 Å². The summed E-state index contributed by atoms with van der Waals surface area (Å²) in [5.41, 5.74) is 1.67. The quantitative estimate of drug-likeness (QED) is 0.446. The van der Waals surface area contributed by atoms with Gasteiger partial charge in [0.15, 0.2) is 6.29 Å². The number of hydrogen-bond donors (Lipinski definition) is 0. The highest BCUT2D eigenvalue weighted by Gasteiger charge is 2.39. The number of carbonyl (C=O) groups excluding carboxylic acids is 1. The van der Waals surface area contributed by atoms with Gasteiger partial charge in [-0.15, -0.1) is 0 Å². The second-order valence-electron chi connectivity index (χ2n) is 5.00. The van der Waals surface area contributed by atoms with Crippen molar-refractivity contribution >= 4 is 27.9 Å². The van der Waals surface area contributed by atoms with Crippen LogP contribution in [0.2, 0.25) is 0 Å². The lowest BCUT2D eigenvalue weighted by atomic mass is 9.84. The van der Waals surface area contributed by atoms with Gasteiger partial charge in [-0.05, 0) is 24.8 Å². The van der Waals surface area contributed by atoms with Crippen LogP contribution in [0.25, 0.3) is 0 Å². The smallest absolute Gasteiger partial charge is 0.168 e. The highest BCUT2D eigenvalue weighted by molar-refractivity contribution is 9.09. The number of rotatable bonds is 2. The summed E-state index contributed by atoms with van der Waals surface area (Å²) in [5.74, 6) is 0.224. The van der Waals surface area contributed by atoms with E-state index >= 15 is 0 Å². The molecule has 4 heteroatoms. The standard InChI is InChI=1S/C14H16BrNO2/c15-9-4-5-10-11(7-9)12(8-17)16-14(10)13-3-1-2-6-18-13/h4-5,7-10,13-14H,1-3,6H2. The Kier molecular flexibility index (Phi) is 3.48. The van der Waals surface area contributed by atoms with E-state index in [1.54, 1.807) is 0 Å². The predicted octanol–water partition coefficient (Wildman–Crippen LogP) is 2.45. The number of carbonyl (C=O) groups is 1. The normalized spacial score (nSPS) is 38.9. The first kappa shape index (κ1) is 12.3. The van der Waals surface area contributed by atoms with Gasteiger partial charge in [0.1, 0.15) is 5.71 Å². The minimum absolute atomic E-state index is 0.0907. The van der Waals surface area contributed by atoms with Gasteiger partial charge < -0.3 is 4.74 Å². The number of nitrogens with zero attached hydrogens (tertiary/aromatic N) is 1. The summed E-state index contributed by atoms with van der Waals surface area (Å²) in [5, 5.41) is 0. The maximum absolute atomic E-state index is 11.1. The fraction of sp³-hybridized carbons (Fsp3) is 0.571. The Morgan fingerprint density at radius 1 is 1.39 bits per heavy atom. The van der Waals surface area contributed by atoms with Crippen LogP contribution in [0.3, 0.4) is 0 Å². The van der Waals surface area contributed by atoms with Crippen molar-refractivity contribution in [2.45, 2.75) is 36.2 Å². The number of fused-ring (bicyclic) bond motifs is 1. The highest BCUT2D eigenvalue weighted by Crippen LogP contribution is 2.37. The van der Waals surface area contributed by atoms with Crippen LogP contribution in [0.5, 0.6) is 0 Å². The molecule has 96 valence electrons. The third kappa shape index (κ3) is 2.12. The molecule has 0 aromatic carbocycles. The van der Waals surface area contributed by atoms with Crippen LogP contribution in [0.4, 0.5) is 0 Å². The monoisotopic (exact) mass is 309 g/mol. The molecule has 0 bridgehead atoms. The summed E-state index contributed by atoms with van der Waals surface area (Å²) in [6, 6.07) is 0.0907. The summed E-state index contributed by atoms with van der Waals surface area (Å²) in [4.78, 5) is 15.9. The number of allylic oxidation sites excluding steroid dienone is 2. The Labute approximate surface area is 115 Å². The van der Waals surface area contributed by atoms with Gasteiger partial charge in [0.05, 0.1) is 17.0 Å². The summed E-state index contributed by atoms with van der Waals surface area (Å²) >= 11 is 3.53. The van der Waals surface area contributed by atoms with Gasteiger partial charge in [0.2, 0.25) is 0 Å². The number of halogens is 1. The van der Waals surface area contributed by atoms with E-state index in [0.717, 1.165) is 31.3 Å². The molecule has 0 N–H and O–H groups in total. The van der Waals surface area contributed by atoms with Crippen molar-refractivity contribution in [1.82, 2.24) is 0 Å². The van der Waals surface area contributed by atoms with Crippen molar-refractivity contribution in [2.24, 2.45) is 10.9 Å². The van der Waals surface area contributed by atoms with Gasteiger partial charge in [0.25, 0.3) is 0 Å². The van der Waals surface area contributed by atoms with E-state index in [0.29, 0.717) is 5.71 Å². The third-order valence-corrected chi connectivity index (χ3v) is 4.43.